The van der Waals surface area contributed by atoms with Crippen molar-refractivity contribution in [3.63, 3.8) is 0 Å². The normalized spacial score (nSPS) is 23.0. The molecule has 0 aromatic carbocycles. The zero-order chi connectivity index (χ0) is 14.8. The number of rotatable bonds is 9. The Labute approximate surface area is 123 Å². The minimum absolute atomic E-state index is 0.0146. The van der Waals surface area contributed by atoms with Gasteiger partial charge < -0.3 is 14.8 Å². The van der Waals surface area contributed by atoms with Crippen LogP contribution in [0.5, 0.6) is 0 Å². The van der Waals surface area contributed by atoms with Gasteiger partial charge in [0.15, 0.2) is 0 Å². The van der Waals surface area contributed by atoms with Crippen LogP contribution in [0.15, 0.2) is 0 Å². The van der Waals surface area contributed by atoms with Crippen molar-refractivity contribution in [2.24, 2.45) is 11.8 Å². The number of carbonyl (C=O) groups is 1. The highest BCUT2D eigenvalue weighted by Gasteiger charge is 2.27. The molecule has 0 heterocycles. The molecule has 1 rings (SSSR count). The van der Waals surface area contributed by atoms with E-state index in [9.17, 15) is 4.79 Å². The van der Waals surface area contributed by atoms with Crippen molar-refractivity contribution < 1.29 is 14.3 Å². The van der Waals surface area contributed by atoms with Crippen LogP contribution in [0.1, 0.15) is 52.9 Å². The zero-order valence-corrected chi connectivity index (χ0v) is 13.3. The number of hydrogen-bond donors (Lipinski definition) is 1. The van der Waals surface area contributed by atoms with Crippen LogP contribution in [0, 0.1) is 11.8 Å². The first-order valence-electron chi connectivity index (χ1n) is 8.11. The van der Waals surface area contributed by atoms with Crippen LogP contribution >= 0.6 is 0 Å². The quantitative estimate of drug-likeness (QED) is 0.523. The van der Waals surface area contributed by atoms with Gasteiger partial charge in [0.05, 0.1) is 12.5 Å². The predicted octanol–water partition coefficient (Wildman–Crippen LogP) is 2.76. The summed E-state index contributed by atoms with van der Waals surface area (Å²) in [6, 6.07) is 0.461. The van der Waals surface area contributed by atoms with Crippen molar-refractivity contribution in [2.75, 3.05) is 26.4 Å². The minimum atomic E-state index is -0.0146. The summed E-state index contributed by atoms with van der Waals surface area (Å²) in [4.78, 5) is 11.8. The van der Waals surface area contributed by atoms with E-state index in [-0.39, 0.29) is 11.9 Å². The van der Waals surface area contributed by atoms with Gasteiger partial charge in [-0.15, -0.1) is 0 Å². The van der Waals surface area contributed by atoms with Gasteiger partial charge >= 0.3 is 5.97 Å². The lowest BCUT2D eigenvalue weighted by atomic mass is 9.85. The molecule has 0 aromatic heterocycles. The van der Waals surface area contributed by atoms with Gasteiger partial charge in [-0.25, -0.2) is 0 Å². The molecule has 1 fully saturated rings. The molecule has 118 valence electrons. The maximum absolute atomic E-state index is 11.8. The molecule has 4 nitrogen and oxygen atoms in total. The van der Waals surface area contributed by atoms with Gasteiger partial charge in [0.2, 0.25) is 0 Å². The maximum atomic E-state index is 11.8. The van der Waals surface area contributed by atoms with Crippen molar-refractivity contribution >= 4 is 5.97 Å². The van der Waals surface area contributed by atoms with Crippen molar-refractivity contribution in [3.8, 4) is 0 Å². The molecule has 0 aliphatic heterocycles. The molecule has 0 spiro atoms. The third-order valence-corrected chi connectivity index (χ3v) is 3.64. The number of carbonyl (C=O) groups excluding carboxylic acids is 1. The monoisotopic (exact) mass is 285 g/mol. The fourth-order valence-electron chi connectivity index (χ4n) is 2.65. The van der Waals surface area contributed by atoms with Crippen LogP contribution < -0.4 is 5.32 Å². The highest BCUT2D eigenvalue weighted by atomic mass is 16.5. The second-order valence-corrected chi connectivity index (χ2v) is 6.09. The average molecular weight is 285 g/mol. The zero-order valence-electron chi connectivity index (χ0n) is 13.3. The van der Waals surface area contributed by atoms with Gasteiger partial charge in [0.25, 0.3) is 0 Å². The number of nitrogens with one attached hydrogen (secondary N) is 1. The Balaban J connectivity index is 2.10. The molecule has 0 amide bonds. The molecular weight excluding hydrogens is 254 g/mol. The smallest absolute Gasteiger partial charge is 0.308 e. The van der Waals surface area contributed by atoms with Crippen LogP contribution in [0.2, 0.25) is 0 Å². The van der Waals surface area contributed by atoms with Gasteiger partial charge in [0, 0.05) is 19.3 Å². The molecule has 0 saturated heterocycles. The Kier molecular flexibility index (Phi) is 8.86. The van der Waals surface area contributed by atoms with Crippen molar-refractivity contribution in [2.45, 2.75) is 58.9 Å². The first-order valence-corrected chi connectivity index (χ1v) is 8.11. The van der Waals surface area contributed by atoms with E-state index >= 15 is 0 Å². The summed E-state index contributed by atoms with van der Waals surface area (Å²) in [6.07, 6.45) is 5.22. The molecule has 1 N–H and O–H groups in total. The molecule has 20 heavy (non-hydrogen) atoms. The second-order valence-electron chi connectivity index (χ2n) is 6.09. The summed E-state index contributed by atoms with van der Waals surface area (Å²) in [7, 11) is 0. The van der Waals surface area contributed by atoms with Gasteiger partial charge in [-0.2, -0.15) is 0 Å². The molecule has 0 radical (unpaired) electrons. The van der Waals surface area contributed by atoms with Crippen molar-refractivity contribution in [1.29, 1.82) is 0 Å². The number of esters is 1. The van der Waals surface area contributed by atoms with Gasteiger partial charge in [-0.1, -0.05) is 20.3 Å². The van der Waals surface area contributed by atoms with Crippen LogP contribution in [0.3, 0.4) is 0 Å². The molecule has 1 saturated carbocycles. The molecule has 0 aromatic rings. The van der Waals surface area contributed by atoms with Crippen molar-refractivity contribution in [1.82, 2.24) is 5.32 Å². The van der Waals surface area contributed by atoms with E-state index in [1.165, 1.54) is 6.42 Å². The third-order valence-electron chi connectivity index (χ3n) is 3.64. The fraction of sp³-hybridized carbons (Fsp3) is 0.938. The third kappa shape index (κ3) is 7.25. The fourth-order valence-corrected chi connectivity index (χ4v) is 2.65. The van der Waals surface area contributed by atoms with Gasteiger partial charge in [-0.05, 0) is 45.1 Å². The van der Waals surface area contributed by atoms with Crippen molar-refractivity contribution in [3.05, 3.63) is 0 Å². The topological polar surface area (TPSA) is 47.6 Å². The minimum Gasteiger partial charge on any atom is -0.466 e. The molecule has 0 bridgehead atoms. The van der Waals surface area contributed by atoms with E-state index in [0.717, 1.165) is 45.4 Å². The lowest BCUT2D eigenvalue weighted by molar-refractivity contribution is -0.149. The highest BCUT2D eigenvalue weighted by molar-refractivity contribution is 5.72. The van der Waals surface area contributed by atoms with E-state index in [4.69, 9.17) is 9.47 Å². The largest absolute Gasteiger partial charge is 0.466 e. The van der Waals surface area contributed by atoms with E-state index in [2.05, 4.69) is 19.2 Å². The Bertz CT molecular complexity index is 268. The molecular formula is C16H31NO3. The number of hydrogen-bond acceptors (Lipinski definition) is 4. The van der Waals surface area contributed by atoms with Crippen LogP contribution in [-0.4, -0.2) is 38.4 Å². The van der Waals surface area contributed by atoms with Crippen LogP contribution in [0.4, 0.5) is 0 Å². The van der Waals surface area contributed by atoms with E-state index in [0.29, 0.717) is 18.6 Å². The first-order chi connectivity index (χ1) is 9.63. The number of ether oxygens (including phenoxy) is 2. The lowest BCUT2D eigenvalue weighted by Gasteiger charge is -2.28. The predicted molar refractivity (Wildman–Crippen MR) is 80.7 cm³/mol. The van der Waals surface area contributed by atoms with E-state index in [1.54, 1.807) is 0 Å². The SMILES string of the molecule is CCOC(=O)C1CCCC(NCCCOCC(C)C)C1. The van der Waals surface area contributed by atoms with E-state index < -0.39 is 0 Å². The average Bonchev–Trinajstić information content (AvgIpc) is 2.43. The Hall–Kier alpha value is -0.610. The summed E-state index contributed by atoms with van der Waals surface area (Å²) in [6.45, 7) is 9.31. The molecule has 1 aliphatic rings. The molecule has 2 unspecified atom stereocenters. The summed E-state index contributed by atoms with van der Waals surface area (Å²) in [5.74, 6) is 0.685. The second kappa shape index (κ2) is 10.2. The summed E-state index contributed by atoms with van der Waals surface area (Å²) in [5, 5.41) is 3.55. The Morgan fingerprint density at radius 1 is 1.35 bits per heavy atom. The first kappa shape index (κ1) is 17.4. The van der Waals surface area contributed by atoms with E-state index in [1.807, 2.05) is 6.92 Å². The van der Waals surface area contributed by atoms with Gasteiger partial charge in [-0.3, -0.25) is 4.79 Å². The van der Waals surface area contributed by atoms with Crippen LogP contribution in [0.25, 0.3) is 0 Å². The van der Waals surface area contributed by atoms with Gasteiger partial charge in [0.1, 0.15) is 0 Å². The Morgan fingerprint density at radius 2 is 2.15 bits per heavy atom. The lowest BCUT2D eigenvalue weighted by Crippen LogP contribution is -2.37. The summed E-state index contributed by atoms with van der Waals surface area (Å²) >= 11 is 0. The maximum Gasteiger partial charge on any atom is 0.308 e. The Morgan fingerprint density at radius 3 is 2.85 bits per heavy atom. The summed E-state index contributed by atoms with van der Waals surface area (Å²) < 4.78 is 10.7. The highest BCUT2D eigenvalue weighted by Crippen LogP contribution is 2.25. The molecule has 1 aliphatic carbocycles. The standard InChI is InChI=1S/C16H31NO3/c1-4-20-16(18)14-7-5-8-15(11-14)17-9-6-10-19-12-13(2)3/h13-15,17H,4-12H2,1-3H3. The molecule has 4 heteroatoms. The van der Waals surface area contributed by atoms with Crippen LogP contribution in [-0.2, 0) is 14.3 Å². The molecule has 2 atom stereocenters. The summed E-state index contributed by atoms with van der Waals surface area (Å²) in [5.41, 5.74) is 0.